The standard InChI is InChI=1S/C22H24N2O4/c1-14-5-7-15(8-6-14)13-23-21(27)17-9-10-19-18(20(17)26)12-16(4-3-11-25)22(28)24(19)2/h5-10,12,25-26H,3-4,11,13H2,1-2H3,(H,23,27). The summed E-state index contributed by atoms with van der Waals surface area (Å²) in [6.45, 7) is 2.33. The summed E-state index contributed by atoms with van der Waals surface area (Å²) in [5.74, 6) is -0.537. The molecule has 146 valence electrons. The number of nitrogens with zero attached hydrogens (tertiary/aromatic N) is 1. The van der Waals surface area contributed by atoms with Crippen LogP contribution in [0.5, 0.6) is 5.75 Å². The van der Waals surface area contributed by atoms with Gasteiger partial charge in [0.25, 0.3) is 11.5 Å². The number of aromatic hydroxyl groups is 1. The number of phenolic OH excluding ortho intramolecular Hbond substituents is 1. The van der Waals surface area contributed by atoms with Gasteiger partial charge < -0.3 is 20.1 Å². The number of aryl methyl sites for hydroxylation is 3. The van der Waals surface area contributed by atoms with Crippen molar-refractivity contribution in [3.63, 3.8) is 0 Å². The number of hydrogen-bond donors (Lipinski definition) is 3. The van der Waals surface area contributed by atoms with Gasteiger partial charge >= 0.3 is 0 Å². The van der Waals surface area contributed by atoms with E-state index in [-0.39, 0.29) is 29.4 Å². The molecule has 2 aromatic carbocycles. The second-order valence-corrected chi connectivity index (χ2v) is 6.92. The quantitative estimate of drug-likeness (QED) is 0.612. The van der Waals surface area contributed by atoms with E-state index in [4.69, 9.17) is 5.11 Å². The van der Waals surface area contributed by atoms with E-state index < -0.39 is 0 Å². The molecule has 1 aromatic heterocycles. The average Bonchev–Trinajstić information content (AvgIpc) is 2.69. The summed E-state index contributed by atoms with van der Waals surface area (Å²) in [4.78, 5) is 25.0. The van der Waals surface area contributed by atoms with Gasteiger partial charge in [-0.05, 0) is 43.5 Å². The van der Waals surface area contributed by atoms with Gasteiger partial charge in [0.2, 0.25) is 0 Å². The second-order valence-electron chi connectivity index (χ2n) is 6.92. The molecule has 0 unspecified atom stereocenters. The van der Waals surface area contributed by atoms with E-state index >= 15 is 0 Å². The monoisotopic (exact) mass is 380 g/mol. The predicted molar refractivity (Wildman–Crippen MR) is 109 cm³/mol. The summed E-state index contributed by atoms with van der Waals surface area (Å²) in [7, 11) is 1.63. The van der Waals surface area contributed by atoms with Crippen molar-refractivity contribution in [1.82, 2.24) is 9.88 Å². The maximum Gasteiger partial charge on any atom is 0.255 e. The van der Waals surface area contributed by atoms with E-state index in [1.807, 2.05) is 31.2 Å². The number of aliphatic hydroxyl groups excluding tert-OH is 1. The van der Waals surface area contributed by atoms with Gasteiger partial charge in [0.15, 0.2) is 0 Å². The van der Waals surface area contributed by atoms with Crippen LogP contribution in [0.25, 0.3) is 10.9 Å². The van der Waals surface area contributed by atoms with Crippen LogP contribution in [0.4, 0.5) is 0 Å². The number of aromatic nitrogens is 1. The third-order valence-electron chi connectivity index (χ3n) is 4.88. The number of fused-ring (bicyclic) bond motifs is 1. The molecule has 1 amide bonds. The molecule has 3 rings (SSSR count). The second kappa shape index (κ2) is 8.27. The van der Waals surface area contributed by atoms with Crippen LogP contribution < -0.4 is 10.9 Å². The van der Waals surface area contributed by atoms with Gasteiger partial charge in [-0.25, -0.2) is 0 Å². The Morgan fingerprint density at radius 1 is 1.14 bits per heavy atom. The van der Waals surface area contributed by atoms with Crippen LogP contribution in [0.3, 0.4) is 0 Å². The summed E-state index contributed by atoms with van der Waals surface area (Å²) in [6, 6.07) is 12.6. The van der Waals surface area contributed by atoms with E-state index in [1.165, 1.54) is 10.6 Å². The minimum absolute atomic E-state index is 0.0192. The molecule has 0 aliphatic heterocycles. The van der Waals surface area contributed by atoms with E-state index in [0.29, 0.717) is 35.9 Å². The molecule has 6 nitrogen and oxygen atoms in total. The fraction of sp³-hybridized carbons (Fsp3) is 0.273. The first-order chi connectivity index (χ1) is 13.4. The Morgan fingerprint density at radius 2 is 1.86 bits per heavy atom. The van der Waals surface area contributed by atoms with Crippen molar-refractivity contribution in [2.75, 3.05) is 6.61 Å². The topological polar surface area (TPSA) is 91.6 Å². The Kier molecular flexibility index (Phi) is 5.80. The molecule has 0 saturated heterocycles. The summed E-state index contributed by atoms with van der Waals surface area (Å²) in [5, 5.41) is 23.0. The summed E-state index contributed by atoms with van der Waals surface area (Å²) in [5.41, 5.74) is 3.14. The van der Waals surface area contributed by atoms with Gasteiger partial charge in [0.1, 0.15) is 5.75 Å². The Bertz CT molecular complexity index is 1070. The molecule has 0 radical (unpaired) electrons. The number of nitrogens with one attached hydrogen (secondary N) is 1. The van der Waals surface area contributed by atoms with Gasteiger partial charge in [-0.15, -0.1) is 0 Å². The van der Waals surface area contributed by atoms with Crippen LogP contribution in [-0.4, -0.2) is 27.3 Å². The lowest BCUT2D eigenvalue weighted by molar-refractivity contribution is 0.0948. The van der Waals surface area contributed by atoms with Crippen LogP contribution in [-0.2, 0) is 20.0 Å². The maximum atomic E-state index is 12.6. The number of aliphatic hydroxyl groups is 1. The minimum atomic E-state index is -0.384. The van der Waals surface area contributed by atoms with Gasteiger partial charge in [0.05, 0.1) is 11.1 Å². The van der Waals surface area contributed by atoms with Crippen molar-refractivity contribution in [3.8, 4) is 5.75 Å². The van der Waals surface area contributed by atoms with Crippen LogP contribution in [0.15, 0.2) is 47.3 Å². The first-order valence-corrected chi connectivity index (χ1v) is 9.21. The normalized spacial score (nSPS) is 11.0. The lowest BCUT2D eigenvalue weighted by Gasteiger charge is -2.13. The van der Waals surface area contributed by atoms with Gasteiger partial charge in [0, 0.05) is 31.1 Å². The number of rotatable bonds is 6. The molecule has 0 aliphatic rings. The summed E-state index contributed by atoms with van der Waals surface area (Å²) < 4.78 is 1.45. The molecular formula is C22H24N2O4. The average molecular weight is 380 g/mol. The molecule has 0 spiro atoms. The van der Waals surface area contributed by atoms with Gasteiger partial charge in [-0.2, -0.15) is 0 Å². The molecule has 1 heterocycles. The van der Waals surface area contributed by atoms with Crippen molar-refractivity contribution >= 4 is 16.8 Å². The first-order valence-electron chi connectivity index (χ1n) is 9.21. The van der Waals surface area contributed by atoms with Crippen LogP contribution >= 0.6 is 0 Å². The highest BCUT2D eigenvalue weighted by molar-refractivity contribution is 6.03. The molecule has 3 N–H and O–H groups in total. The molecular weight excluding hydrogens is 356 g/mol. The SMILES string of the molecule is Cc1ccc(CNC(=O)c2ccc3c(cc(CCCO)c(=O)n3C)c2O)cc1. The Labute approximate surface area is 163 Å². The molecule has 0 aliphatic carbocycles. The maximum absolute atomic E-state index is 12.6. The number of pyridine rings is 1. The summed E-state index contributed by atoms with van der Waals surface area (Å²) in [6.07, 6.45) is 0.862. The van der Waals surface area contributed by atoms with Gasteiger partial charge in [-0.1, -0.05) is 29.8 Å². The van der Waals surface area contributed by atoms with E-state index in [2.05, 4.69) is 5.32 Å². The largest absolute Gasteiger partial charge is 0.506 e. The number of benzene rings is 2. The zero-order chi connectivity index (χ0) is 20.3. The molecule has 3 aromatic rings. The molecule has 0 bridgehead atoms. The zero-order valence-electron chi connectivity index (χ0n) is 16.0. The third kappa shape index (κ3) is 3.92. The smallest absolute Gasteiger partial charge is 0.255 e. The minimum Gasteiger partial charge on any atom is -0.506 e. The van der Waals surface area contributed by atoms with Crippen LogP contribution in [0, 0.1) is 6.92 Å². The van der Waals surface area contributed by atoms with Crippen molar-refractivity contribution in [2.24, 2.45) is 7.05 Å². The number of carbonyl (C=O) groups excluding carboxylic acids is 1. The van der Waals surface area contributed by atoms with Crippen molar-refractivity contribution in [2.45, 2.75) is 26.3 Å². The van der Waals surface area contributed by atoms with Crippen molar-refractivity contribution < 1.29 is 15.0 Å². The molecule has 0 atom stereocenters. The van der Waals surface area contributed by atoms with E-state index in [0.717, 1.165) is 11.1 Å². The number of phenols is 1. The number of hydrogen-bond acceptors (Lipinski definition) is 4. The fourth-order valence-corrected chi connectivity index (χ4v) is 3.21. The zero-order valence-corrected chi connectivity index (χ0v) is 16.0. The highest BCUT2D eigenvalue weighted by Gasteiger charge is 2.17. The first kappa shape index (κ1) is 19.6. The number of amides is 1. The predicted octanol–water partition coefficient (Wildman–Crippen LogP) is 2.41. The van der Waals surface area contributed by atoms with Crippen LogP contribution in [0.2, 0.25) is 0 Å². The van der Waals surface area contributed by atoms with Crippen molar-refractivity contribution in [1.29, 1.82) is 0 Å². The molecule has 0 fully saturated rings. The van der Waals surface area contributed by atoms with Crippen molar-refractivity contribution in [3.05, 3.63) is 75.1 Å². The Morgan fingerprint density at radius 3 is 2.54 bits per heavy atom. The van der Waals surface area contributed by atoms with E-state index in [9.17, 15) is 14.7 Å². The van der Waals surface area contributed by atoms with Crippen LogP contribution in [0.1, 0.15) is 33.5 Å². The Balaban J connectivity index is 1.91. The van der Waals surface area contributed by atoms with Gasteiger partial charge in [-0.3, -0.25) is 9.59 Å². The lowest BCUT2D eigenvalue weighted by Crippen LogP contribution is -2.24. The number of carbonyl (C=O) groups is 1. The molecule has 6 heteroatoms. The lowest BCUT2D eigenvalue weighted by atomic mass is 10.0. The summed E-state index contributed by atoms with van der Waals surface area (Å²) >= 11 is 0. The molecule has 0 saturated carbocycles. The highest BCUT2D eigenvalue weighted by atomic mass is 16.3. The fourth-order valence-electron chi connectivity index (χ4n) is 3.21. The Hall–Kier alpha value is -3.12. The molecule has 28 heavy (non-hydrogen) atoms. The third-order valence-corrected chi connectivity index (χ3v) is 4.88. The van der Waals surface area contributed by atoms with E-state index in [1.54, 1.807) is 19.2 Å². The highest BCUT2D eigenvalue weighted by Crippen LogP contribution is 2.28.